The van der Waals surface area contributed by atoms with Gasteiger partial charge in [0.1, 0.15) is 5.82 Å². The van der Waals surface area contributed by atoms with Crippen LogP contribution < -0.4 is 5.32 Å². The van der Waals surface area contributed by atoms with E-state index in [0.29, 0.717) is 17.4 Å². The lowest BCUT2D eigenvalue weighted by molar-refractivity contribution is -0.122. The molecular weight excluding hydrogens is 342 g/mol. The Hall–Kier alpha value is -2.41. The molecule has 0 radical (unpaired) electrons. The fraction of sp³-hybridized carbons (Fsp3) is 0.412. The van der Waals surface area contributed by atoms with Crippen LogP contribution in [0.4, 0.5) is 0 Å². The molecule has 1 aromatic carbocycles. The minimum Gasteiger partial charge on any atom is -0.352 e. The van der Waals surface area contributed by atoms with E-state index in [1.165, 1.54) is 4.90 Å². The molecule has 1 N–H and O–H groups in total. The highest BCUT2D eigenvalue weighted by molar-refractivity contribution is 6.30. The van der Waals surface area contributed by atoms with Gasteiger partial charge < -0.3 is 10.2 Å². The monoisotopic (exact) mass is 363 g/mol. The third-order valence-corrected chi connectivity index (χ3v) is 3.74. The van der Waals surface area contributed by atoms with E-state index in [9.17, 15) is 9.59 Å². The van der Waals surface area contributed by atoms with Crippen LogP contribution in [0.5, 0.6) is 0 Å². The zero-order chi connectivity index (χ0) is 18.6. The second-order valence-corrected chi connectivity index (χ2v) is 6.35. The van der Waals surface area contributed by atoms with Crippen LogP contribution in [0.15, 0.2) is 24.3 Å². The first-order valence-corrected chi connectivity index (χ1v) is 8.47. The SMILES string of the molecule is CCN(CC(=O)NC(C)C)C(=O)c1nc(C)n(-c2ccc(Cl)cc2)n1. The van der Waals surface area contributed by atoms with Crippen molar-refractivity contribution in [3.05, 3.63) is 40.9 Å². The summed E-state index contributed by atoms with van der Waals surface area (Å²) in [6.45, 7) is 7.67. The summed E-state index contributed by atoms with van der Waals surface area (Å²) in [4.78, 5) is 30.2. The van der Waals surface area contributed by atoms with Gasteiger partial charge in [-0.1, -0.05) is 11.6 Å². The van der Waals surface area contributed by atoms with Gasteiger partial charge in [-0.05, 0) is 52.0 Å². The Kier molecular flexibility index (Phi) is 6.14. The van der Waals surface area contributed by atoms with Gasteiger partial charge in [-0.15, -0.1) is 5.10 Å². The van der Waals surface area contributed by atoms with Crippen molar-refractivity contribution in [1.29, 1.82) is 0 Å². The molecule has 25 heavy (non-hydrogen) atoms. The number of nitrogens with one attached hydrogen (secondary N) is 1. The highest BCUT2D eigenvalue weighted by Gasteiger charge is 2.22. The number of carbonyl (C=O) groups is 2. The van der Waals surface area contributed by atoms with Gasteiger partial charge in [0, 0.05) is 17.6 Å². The molecule has 0 atom stereocenters. The molecule has 0 fully saturated rings. The van der Waals surface area contributed by atoms with E-state index in [1.54, 1.807) is 35.9 Å². The first-order valence-electron chi connectivity index (χ1n) is 8.10. The number of carbonyl (C=O) groups excluding carboxylic acids is 2. The van der Waals surface area contributed by atoms with E-state index in [1.807, 2.05) is 20.8 Å². The topological polar surface area (TPSA) is 80.1 Å². The third kappa shape index (κ3) is 4.79. The van der Waals surface area contributed by atoms with E-state index < -0.39 is 0 Å². The normalized spacial score (nSPS) is 10.8. The molecule has 0 saturated heterocycles. The fourth-order valence-corrected chi connectivity index (χ4v) is 2.44. The molecule has 2 aromatic rings. The molecule has 0 bridgehead atoms. The molecule has 8 heteroatoms. The lowest BCUT2D eigenvalue weighted by Crippen LogP contribution is -2.43. The van der Waals surface area contributed by atoms with Gasteiger partial charge >= 0.3 is 0 Å². The molecule has 0 spiro atoms. The van der Waals surface area contributed by atoms with E-state index >= 15 is 0 Å². The minimum absolute atomic E-state index is 0.0193. The standard InChI is InChI=1S/C17H22ClN5O2/c1-5-22(10-15(24)19-11(2)3)17(25)16-20-12(4)23(21-16)14-8-6-13(18)7-9-14/h6-9,11H,5,10H2,1-4H3,(H,19,24). The smallest absolute Gasteiger partial charge is 0.294 e. The fourth-order valence-electron chi connectivity index (χ4n) is 2.32. The van der Waals surface area contributed by atoms with E-state index in [0.717, 1.165) is 5.69 Å². The van der Waals surface area contributed by atoms with Crippen LogP contribution in [-0.2, 0) is 4.79 Å². The predicted molar refractivity (Wildman–Crippen MR) is 96.0 cm³/mol. The van der Waals surface area contributed by atoms with Gasteiger partial charge in [-0.2, -0.15) is 0 Å². The Balaban J connectivity index is 2.19. The first kappa shape index (κ1) is 18.9. The van der Waals surface area contributed by atoms with Crippen LogP contribution in [0.25, 0.3) is 5.69 Å². The summed E-state index contributed by atoms with van der Waals surface area (Å²) >= 11 is 5.90. The lowest BCUT2D eigenvalue weighted by Gasteiger charge is -2.19. The maximum Gasteiger partial charge on any atom is 0.294 e. The maximum absolute atomic E-state index is 12.6. The number of aromatic nitrogens is 3. The molecule has 2 rings (SSSR count). The van der Waals surface area contributed by atoms with Crippen molar-refractivity contribution in [2.45, 2.75) is 33.7 Å². The van der Waals surface area contributed by atoms with Gasteiger partial charge in [0.2, 0.25) is 11.7 Å². The summed E-state index contributed by atoms with van der Waals surface area (Å²) in [6, 6.07) is 7.10. The van der Waals surface area contributed by atoms with Crippen molar-refractivity contribution < 1.29 is 9.59 Å². The summed E-state index contributed by atoms with van der Waals surface area (Å²) in [7, 11) is 0. The Morgan fingerprint density at radius 3 is 2.48 bits per heavy atom. The number of hydrogen-bond acceptors (Lipinski definition) is 4. The molecule has 0 aliphatic rings. The van der Waals surface area contributed by atoms with Crippen LogP contribution >= 0.6 is 11.6 Å². The van der Waals surface area contributed by atoms with Crippen LogP contribution in [0.3, 0.4) is 0 Å². The molecule has 7 nitrogen and oxygen atoms in total. The summed E-state index contributed by atoms with van der Waals surface area (Å²) in [5.74, 6) is 0.0521. The number of aryl methyl sites for hydroxylation is 1. The number of rotatable bonds is 6. The van der Waals surface area contributed by atoms with Crippen LogP contribution in [-0.4, -0.2) is 50.6 Å². The average molecular weight is 364 g/mol. The third-order valence-electron chi connectivity index (χ3n) is 3.48. The van der Waals surface area contributed by atoms with Crippen LogP contribution in [0.2, 0.25) is 5.02 Å². The lowest BCUT2D eigenvalue weighted by atomic mass is 10.3. The number of amides is 2. The zero-order valence-corrected chi connectivity index (χ0v) is 15.5. The van der Waals surface area contributed by atoms with Crippen molar-refractivity contribution in [1.82, 2.24) is 25.0 Å². The van der Waals surface area contributed by atoms with Crippen molar-refractivity contribution in [2.75, 3.05) is 13.1 Å². The zero-order valence-electron chi connectivity index (χ0n) is 14.8. The summed E-state index contributed by atoms with van der Waals surface area (Å²) in [5, 5.41) is 7.67. The number of hydrogen-bond donors (Lipinski definition) is 1. The molecule has 134 valence electrons. The van der Waals surface area contributed by atoms with Gasteiger partial charge in [-0.25, -0.2) is 9.67 Å². The molecule has 1 aromatic heterocycles. The molecule has 1 heterocycles. The van der Waals surface area contributed by atoms with Gasteiger partial charge in [0.05, 0.1) is 12.2 Å². The highest BCUT2D eigenvalue weighted by Crippen LogP contribution is 2.14. The quantitative estimate of drug-likeness (QED) is 0.853. The van der Waals surface area contributed by atoms with Crippen molar-refractivity contribution >= 4 is 23.4 Å². The Bertz CT molecular complexity index is 755. The van der Waals surface area contributed by atoms with Crippen LogP contribution in [0, 0.1) is 6.92 Å². The Morgan fingerprint density at radius 2 is 1.92 bits per heavy atom. The largest absolute Gasteiger partial charge is 0.352 e. The second-order valence-electron chi connectivity index (χ2n) is 5.91. The van der Waals surface area contributed by atoms with Crippen molar-refractivity contribution in [3.8, 4) is 5.69 Å². The van der Waals surface area contributed by atoms with E-state index in [-0.39, 0.29) is 30.2 Å². The van der Waals surface area contributed by atoms with Crippen molar-refractivity contribution in [3.63, 3.8) is 0 Å². The number of halogens is 1. The molecular formula is C17H22ClN5O2. The molecule has 2 amide bonds. The summed E-state index contributed by atoms with van der Waals surface area (Å²) in [5.41, 5.74) is 0.758. The summed E-state index contributed by atoms with van der Waals surface area (Å²) < 4.78 is 1.57. The molecule has 0 aliphatic heterocycles. The highest BCUT2D eigenvalue weighted by atomic mass is 35.5. The number of likely N-dealkylation sites (N-methyl/N-ethyl adjacent to an activating group) is 1. The number of nitrogens with zero attached hydrogens (tertiary/aromatic N) is 4. The predicted octanol–water partition coefficient (Wildman–Crippen LogP) is 2.22. The van der Waals surface area contributed by atoms with Gasteiger partial charge in [0.15, 0.2) is 0 Å². The molecule has 0 aliphatic carbocycles. The Labute approximate surface area is 152 Å². The number of benzene rings is 1. The average Bonchev–Trinajstić information content (AvgIpc) is 2.94. The van der Waals surface area contributed by atoms with Gasteiger partial charge in [0.25, 0.3) is 5.91 Å². The van der Waals surface area contributed by atoms with Gasteiger partial charge in [-0.3, -0.25) is 9.59 Å². The summed E-state index contributed by atoms with van der Waals surface area (Å²) in [6.07, 6.45) is 0. The van der Waals surface area contributed by atoms with Crippen LogP contribution in [0.1, 0.15) is 37.2 Å². The van der Waals surface area contributed by atoms with Crippen molar-refractivity contribution in [2.24, 2.45) is 0 Å². The second kappa shape index (κ2) is 8.11. The molecule has 0 unspecified atom stereocenters. The van der Waals surface area contributed by atoms with E-state index in [4.69, 9.17) is 11.6 Å². The van der Waals surface area contributed by atoms with E-state index in [2.05, 4.69) is 15.4 Å². The maximum atomic E-state index is 12.6. The Morgan fingerprint density at radius 1 is 1.28 bits per heavy atom. The first-order chi connectivity index (χ1) is 11.8. The molecule has 0 saturated carbocycles. The minimum atomic E-state index is -0.378.